The standard InChI is InChI=1S/C24H39N9O10/c25-16(34)6-3-13(31-19(37)10-29-21(39)12-2-1-9-28-12)22(40)30-11-20(38)32-14(4-7-17(26)35)23(41)33-15(24(42)43)5-8-18(27)36/h12-15,28H,1-11H2,(H2,25,34)(H2,26,35)(H2,27,36)(H,29,39)(H,30,40)(H,31,37)(H,32,38)(H,33,41)(H,42,43). The monoisotopic (exact) mass is 613 g/mol. The van der Waals surface area contributed by atoms with E-state index in [0.717, 1.165) is 6.42 Å². The minimum absolute atomic E-state index is 0.224. The average Bonchev–Trinajstić information content (AvgIpc) is 3.47. The molecular formula is C24H39N9O10. The second-order valence-electron chi connectivity index (χ2n) is 9.74. The molecule has 0 aromatic rings. The Kier molecular flexibility index (Phi) is 15.7. The Morgan fingerprint density at radius 3 is 1.58 bits per heavy atom. The second kappa shape index (κ2) is 18.6. The molecule has 13 N–H and O–H groups in total. The third kappa shape index (κ3) is 15.1. The number of aliphatic carboxylic acids is 1. The van der Waals surface area contributed by atoms with Crippen molar-refractivity contribution in [2.24, 2.45) is 17.2 Å². The lowest BCUT2D eigenvalue weighted by atomic mass is 10.1. The van der Waals surface area contributed by atoms with Gasteiger partial charge in [0, 0.05) is 19.3 Å². The van der Waals surface area contributed by atoms with Gasteiger partial charge in [-0.05, 0) is 38.6 Å². The van der Waals surface area contributed by atoms with Gasteiger partial charge in [-0.1, -0.05) is 0 Å². The van der Waals surface area contributed by atoms with Crippen LogP contribution in [0.4, 0.5) is 0 Å². The highest BCUT2D eigenvalue weighted by Gasteiger charge is 2.28. The van der Waals surface area contributed by atoms with Gasteiger partial charge in [-0.15, -0.1) is 0 Å². The highest BCUT2D eigenvalue weighted by atomic mass is 16.4. The normalized spacial score (nSPS) is 16.0. The summed E-state index contributed by atoms with van der Waals surface area (Å²) in [5, 5.41) is 23.7. The fourth-order valence-corrected chi connectivity index (χ4v) is 3.91. The molecule has 4 atom stereocenters. The van der Waals surface area contributed by atoms with Gasteiger partial charge in [0.25, 0.3) is 0 Å². The van der Waals surface area contributed by atoms with Gasteiger partial charge in [0.2, 0.25) is 47.3 Å². The number of carbonyl (C=O) groups is 9. The molecule has 1 aliphatic heterocycles. The molecule has 19 heteroatoms. The van der Waals surface area contributed by atoms with Crippen molar-refractivity contribution in [3.8, 4) is 0 Å². The summed E-state index contributed by atoms with van der Waals surface area (Å²) < 4.78 is 0. The highest BCUT2D eigenvalue weighted by Crippen LogP contribution is 2.05. The van der Waals surface area contributed by atoms with E-state index < -0.39 is 84.6 Å². The molecule has 8 amide bonds. The number of hydrogen-bond donors (Lipinski definition) is 10. The molecule has 0 aliphatic carbocycles. The van der Waals surface area contributed by atoms with E-state index in [4.69, 9.17) is 17.2 Å². The van der Waals surface area contributed by atoms with Gasteiger partial charge < -0.3 is 54.2 Å². The van der Waals surface area contributed by atoms with E-state index in [-0.39, 0.29) is 44.4 Å². The number of nitrogens with one attached hydrogen (secondary N) is 6. The zero-order valence-electron chi connectivity index (χ0n) is 23.4. The Morgan fingerprint density at radius 1 is 0.674 bits per heavy atom. The third-order valence-electron chi connectivity index (χ3n) is 6.18. The Labute approximate surface area is 246 Å². The lowest BCUT2D eigenvalue weighted by Crippen LogP contribution is -2.55. The molecule has 0 bridgehead atoms. The van der Waals surface area contributed by atoms with E-state index in [1.807, 2.05) is 0 Å². The summed E-state index contributed by atoms with van der Waals surface area (Å²) >= 11 is 0. The number of carboxylic acids is 1. The Morgan fingerprint density at radius 2 is 1.14 bits per heavy atom. The molecule has 1 rings (SSSR count). The first-order chi connectivity index (χ1) is 20.2. The Hall–Kier alpha value is -4.81. The van der Waals surface area contributed by atoms with Crippen molar-refractivity contribution in [1.82, 2.24) is 31.9 Å². The molecule has 0 radical (unpaired) electrons. The van der Waals surface area contributed by atoms with Gasteiger partial charge in [-0.3, -0.25) is 38.4 Å². The number of carbonyl (C=O) groups excluding carboxylic acids is 8. The van der Waals surface area contributed by atoms with Crippen LogP contribution in [0.25, 0.3) is 0 Å². The van der Waals surface area contributed by atoms with Crippen molar-refractivity contribution in [3.05, 3.63) is 0 Å². The van der Waals surface area contributed by atoms with Crippen molar-refractivity contribution in [2.75, 3.05) is 19.6 Å². The third-order valence-corrected chi connectivity index (χ3v) is 6.18. The number of carboxylic acid groups (broad SMARTS) is 1. The van der Waals surface area contributed by atoms with Crippen molar-refractivity contribution in [2.45, 2.75) is 75.5 Å². The number of rotatable bonds is 20. The first-order valence-corrected chi connectivity index (χ1v) is 13.4. The van der Waals surface area contributed by atoms with Crippen LogP contribution in [0.5, 0.6) is 0 Å². The summed E-state index contributed by atoms with van der Waals surface area (Å²) in [6.07, 6.45) is -0.456. The summed E-state index contributed by atoms with van der Waals surface area (Å²) in [6.45, 7) is -0.509. The zero-order chi connectivity index (χ0) is 32.5. The predicted octanol–water partition coefficient (Wildman–Crippen LogP) is -5.69. The number of amides is 8. The quantitative estimate of drug-likeness (QED) is 0.0616. The van der Waals surface area contributed by atoms with Crippen LogP contribution in [0.1, 0.15) is 51.4 Å². The maximum absolute atomic E-state index is 12.7. The SMILES string of the molecule is NC(=O)CCC(NC(=O)C(CCC(N)=O)NC(=O)CNC(=O)C(CCC(N)=O)NC(=O)CNC(=O)C1CCCN1)C(=O)O. The van der Waals surface area contributed by atoms with Gasteiger partial charge in [0.15, 0.2) is 0 Å². The van der Waals surface area contributed by atoms with Crippen LogP contribution in [-0.2, 0) is 43.2 Å². The summed E-state index contributed by atoms with van der Waals surface area (Å²) in [5.41, 5.74) is 15.3. The fourth-order valence-electron chi connectivity index (χ4n) is 3.91. The highest BCUT2D eigenvalue weighted by molar-refractivity contribution is 5.95. The molecule has 1 fully saturated rings. The molecule has 0 aromatic heterocycles. The second-order valence-corrected chi connectivity index (χ2v) is 9.74. The van der Waals surface area contributed by atoms with Crippen LogP contribution in [0, 0.1) is 0 Å². The molecule has 43 heavy (non-hydrogen) atoms. The van der Waals surface area contributed by atoms with Crippen molar-refractivity contribution < 1.29 is 48.3 Å². The lowest BCUT2D eigenvalue weighted by molar-refractivity contribution is -0.142. The van der Waals surface area contributed by atoms with E-state index in [1.165, 1.54) is 0 Å². The molecule has 240 valence electrons. The molecule has 0 saturated carbocycles. The van der Waals surface area contributed by atoms with Crippen LogP contribution in [0.15, 0.2) is 0 Å². The largest absolute Gasteiger partial charge is 0.480 e. The van der Waals surface area contributed by atoms with Gasteiger partial charge >= 0.3 is 5.97 Å². The van der Waals surface area contributed by atoms with Crippen molar-refractivity contribution >= 4 is 53.2 Å². The van der Waals surface area contributed by atoms with E-state index >= 15 is 0 Å². The molecule has 0 spiro atoms. The van der Waals surface area contributed by atoms with E-state index in [1.54, 1.807) is 0 Å². The average molecular weight is 614 g/mol. The van der Waals surface area contributed by atoms with E-state index in [9.17, 15) is 48.3 Å². The van der Waals surface area contributed by atoms with Gasteiger partial charge in [-0.25, -0.2) is 4.79 Å². The number of nitrogens with two attached hydrogens (primary N) is 3. The maximum Gasteiger partial charge on any atom is 0.326 e. The molecule has 1 heterocycles. The zero-order valence-corrected chi connectivity index (χ0v) is 23.4. The van der Waals surface area contributed by atoms with Gasteiger partial charge in [-0.2, -0.15) is 0 Å². The molecule has 4 unspecified atom stereocenters. The summed E-state index contributed by atoms with van der Waals surface area (Å²) in [7, 11) is 0. The summed E-state index contributed by atoms with van der Waals surface area (Å²) in [4.78, 5) is 107. The minimum atomic E-state index is -1.53. The van der Waals surface area contributed by atoms with Crippen LogP contribution < -0.4 is 49.1 Å². The van der Waals surface area contributed by atoms with Crippen LogP contribution in [-0.4, -0.2) is 102 Å². The molecule has 1 saturated heterocycles. The van der Waals surface area contributed by atoms with Crippen molar-refractivity contribution in [1.29, 1.82) is 0 Å². The van der Waals surface area contributed by atoms with E-state index in [2.05, 4.69) is 31.9 Å². The number of primary amides is 3. The van der Waals surface area contributed by atoms with Crippen LogP contribution >= 0.6 is 0 Å². The fraction of sp³-hybridized carbons (Fsp3) is 0.625. The lowest BCUT2D eigenvalue weighted by Gasteiger charge is -2.22. The first-order valence-electron chi connectivity index (χ1n) is 13.4. The molecular weight excluding hydrogens is 574 g/mol. The first kappa shape index (κ1) is 36.2. The van der Waals surface area contributed by atoms with Gasteiger partial charge in [0.1, 0.15) is 18.1 Å². The molecule has 1 aliphatic rings. The minimum Gasteiger partial charge on any atom is -0.480 e. The Bertz CT molecular complexity index is 1080. The summed E-state index contributed by atoms with van der Waals surface area (Å²) in [6, 6.07) is -4.72. The molecule has 19 nitrogen and oxygen atoms in total. The van der Waals surface area contributed by atoms with Gasteiger partial charge in [0.05, 0.1) is 19.1 Å². The van der Waals surface area contributed by atoms with Crippen LogP contribution in [0.2, 0.25) is 0 Å². The predicted molar refractivity (Wildman–Crippen MR) is 146 cm³/mol. The van der Waals surface area contributed by atoms with E-state index in [0.29, 0.717) is 13.0 Å². The maximum atomic E-state index is 12.7. The topological polar surface area (TPSA) is 324 Å². The number of hydrogen-bond acceptors (Lipinski definition) is 10. The van der Waals surface area contributed by atoms with Crippen molar-refractivity contribution in [3.63, 3.8) is 0 Å². The molecule has 0 aromatic carbocycles. The Balaban J connectivity index is 2.77. The smallest absolute Gasteiger partial charge is 0.326 e. The summed E-state index contributed by atoms with van der Waals surface area (Å²) in [5.74, 6) is -7.79. The van der Waals surface area contributed by atoms with Crippen LogP contribution in [0.3, 0.4) is 0 Å².